The molecule has 150 valence electrons. The first kappa shape index (κ1) is 18.2. The highest BCUT2D eigenvalue weighted by Crippen LogP contribution is 2.37. The van der Waals surface area contributed by atoms with Crippen molar-refractivity contribution in [1.29, 1.82) is 0 Å². The first-order valence-corrected chi connectivity index (χ1v) is 9.67. The van der Waals surface area contributed by atoms with Crippen molar-refractivity contribution in [3.05, 3.63) is 60.2 Å². The molecule has 2 N–H and O–H groups in total. The number of aromatic amines is 1. The van der Waals surface area contributed by atoms with Crippen LogP contribution in [0, 0.1) is 0 Å². The Hall–Kier alpha value is -3.87. The lowest BCUT2D eigenvalue weighted by molar-refractivity contribution is -0.139. The second kappa shape index (κ2) is 7.18. The summed E-state index contributed by atoms with van der Waals surface area (Å²) in [6, 6.07) is 17.0. The van der Waals surface area contributed by atoms with E-state index >= 15 is 0 Å². The Bertz CT molecular complexity index is 1290. The molecule has 1 aliphatic rings. The third kappa shape index (κ3) is 2.95. The molecule has 0 spiro atoms. The van der Waals surface area contributed by atoms with E-state index in [0.29, 0.717) is 30.0 Å². The molecule has 4 aromatic rings. The molecule has 1 aromatic heterocycles. The number of hydrogen-bond donors (Lipinski definition) is 2. The Morgan fingerprint density at radius 1 is 1.17 bits per heavy atom. The summed E-state index contributed by atoms with van der Waals surface area (Å²) in [5.74, 6) is -0.389. The first-order chi connectivity index (χ1) is 14.7. The Morgan fingerprint density at radius 3 is 2.77 bits per heavy atom. The number of H-pyrrole nitrogens is 1. The molecule has 5 rings (SSSR count). The van der Waals surface area contributed by atoms with Crippen LogP contribution in [0.5, 0.6) is 5.75 Å². The minimum Gasteiger partial charge on any atom is -0.495 e. The van der Waals surface area contributed by atoms with E-state index in [0.717, 1.165) is 27.2 Å². The third-order valence-electron chi connectivity index (χ3n) is 5.39. The molecule has 7 nitrogen and oxygen atoms in total. The predicted molar refractivity (Wildman–Crippen MR) is 112 cm³/mol. The fraction of sp³-hybridized carbons (Fsp3) is 0.174. The maximum atomic E-state index is 12.9. The zero-order valence-electron chi connectivity index (χ0n) is 16.3. The van der Waals surface area contributed by atoms with Gasteiger partial charge in [0.25, 0.3) is 5.91 Å². The van der Waals surface area contributed by atoms with E-state index in [1.165, 1.54) is 7.11 Å². The minimum atomic E-state index is -0.637. The van der Waals surface area contributed by atoms with Crippen molar-refractivity contribution in [2.24, 2.45) is 0 Å². The molecule has 0 unspecified atom stereocenters. The number of nitrogens with one attached hydrogen (secondary N) is 2. The maximum absolute atomic E-state index is 12.9. The average molecular weight is 401 g/mol. The van der Waals surface area contributed by atoms with Gasteiger partial charge in [0.2, 0.25) is 0 Å². The van der Waals surface area contributed by atoms with E-state index in [-0.39, 0.29) is 5.91 Å². The standard InChI is InChI=1S/C23H19N3O4/c1-29-21-16(22(27)24-18-10-11-30-23(18)28)8-9-17-19(21)20(26-25-17)15-7-6-13-4-2-3-5-14(13)12-15/h2-9,12,18H,10-11H2,1H3,(H,24,27)(H,25,26)/t18-/m1/s1. The van der Waals surface area contributed by atoms with Crippen molar-refractivity contribution in [2.75, 3.05) is 13.7 Å². The number of methoxy groups -OCH3 is 1. The van der Waals surface area contributed by atoms with Gasteiger partial charge in [-0.2, -0.15) is 5.10 Å². The number of hydrogen-bond acceptors (Lipinski definition) is 5. The van der Waals surface area contributed by atoms with Crippen LogP contribution < -0.4 is 10.1 Å². The number of esters is 1. The summed E-state index contributed by atoms with van der Waals surface area (Å²) in [4.78, 5) is 24.6. The number of fused-ring (bicyclic) bond motifs is 2. The summed E-state index contributed by atoms with van der Waals surface area (Å²) < 4.78 is 10.6. The fourth-order valence-corrected chi connectivity index (χ4v) is 3.88. The molecular weight excluding hydrogens is 382 g/mol. The van der Waals surface area contributed by atoms with Crippen LogP contribution in [0.1, 0.15) is 16.8 Å². The van der Waals surface area contributed by atoms with E-state index in [4.69, 9.17) is 9.47 Å². The van der Waals surface area contributed by atoms with Crippen LogP contribution in [0.3, 0.4) is 0 Å². The molecule has 0 bridgehead atoms. The molecule has 7 heteroatoms. The van der Waals surface area contributed by atoms with Gasteiger partial charge in [0.05, 0.1) is 30.2 Å². The van der Waals surface area contributed by atoms with Gasteiger partial charge in [-0.3, -0.25) is 9.89 Å². The summed E-state index contributed by atoms with van der Waals surface area (Å²) in [7, 11) is 1.52. The zero-order chi connectivity index (χ0) is 20.7. The molecule has 30 heavy (non-hydrogen) atoms. The monoisotopic (exact) mass is 401 g/mol. The quantitative estimate of drug-likeness (QED) is 0.511. The number of aromatic nitrogens is 2. The molecule has 0 radical (unpaired) electrons. The number of amides is 1. The van der Waals surface area contributed by atoms with Crippen LogP contribution in [0.2, 0.25) is 0 Å². The Balaban J connectivity index is 1.61. The second-order valence-corrected chi connectivity index (χ2v) is 7.19. The summed E-state index contributed by atoms with van der Waals surface area (Å²) in [6.45, 7) is 0.313. The summed E-state index contributed by atoms with van der Waals surface area (Å²) in [6.07, 6.45) is 0.461. The van der Waals surface area contributed by atoms with Crippen LogP contribution >= 0.6 is 0 Å². The van der Waals surface area contributed by atoms with Gasteiger partial charge in [-0.1, -0.05) is 36.4 Å². The number of benzene rings is 3. The van der Waals surface area contributed by atoms with Gasteiger partial charge in [0.1, 0.15) is 17.5 Å². The lowest BCUT2D eigenvalue weighted by Gasteiger charge is -2.13. The predicted octanol–water partition coefficient (Wildman–Crippen LogP) is 3.44. The highest BCUT2D eigenvalue weighted by molar-refractivity contribution is 6.08. The summed E-state index contributed by atoms with van der Waals surface area (Å²) in [5.41, 5.74) is 2.71. The highest BCUT2D eigenvalue weighted by atomic mass is 16.5. The molecule has 1 aliphatic heterocycles. The van der Waals surface area contributed by atoms with Crippen LogP contribution in [0.4, 0.5) is 0 Å². The normalized spacial score (nSPS) is 16.0. The number of carbonyl (C=O) groups excluding carboxylic acids is 2. The Labute approximate surface area is 172 Å². The molecule has 3 aromatic carbocycles. The molecule has 1 fully saturated rings. The van der Waals surface area contributed by atoms with Crippen LogP contribution in [-0.2, 0) is 9.53 Å². The van der Waals surface area contributed by atoms with Gasteiger partial charge < -0.3 is 14.8 Å². The molecule has 1 atom stereocenters. The van der Waals surface area contributed by atoms with E-state index in [1.807, 2.05) is 30.3 Å². The van der Waals surface area contributed by atoms with E-state index < -0.39 is 12.0 Å². The van der Waals surface area contributed by atoms with Crippen LogP contribution in [0.15, 0.2) is 54.6 Å². The average Bonchev–Trinajstić information content (AvgIpc) is 3.38. The van der Waals surface area contributed by atoms with Crippen LogP contribution in [-0.4, -0.2) is 41.8 Å². The summed E-state index contributed by atoms with van der Waals surface area (Å²) in [5, 5.41) is 13.2. The van der Waals surface area contributed by atoms with Gasteiger partial charge in [0.15, 0.2) is 0 Å². The topological polar surface area (TPSA) is 93.3 Å². The highest BCUT2D eigenvalue weighted by Gasteiger charge is 2.30. The van der Waals surface area contributed by atoms with Crippen molar-refractivity contribution in [3.8, 4) is 17.0 Å². The molecular formula is C23H19N3O4. The number of ether oxygens (including phenoxy) is 2. The van der Waals surface area contributed by atoms with Crippen molar-refractivity contribution in [1.82, 2.24) is 15.5 Å². The number of cyclic esters (lactones) is 1. The second-order valence-electron chi connectivity index (χ2n) is 7.19. The third-order valence-corrected chi connectivity index (χ3v) is 5.39. The largest absolute Gasteiger partial charge is 0.495 e. The SMILES string of the molecule is COc1c(C(=O)N[C@@H]2CCOC2=O)ccc2[nH]nc(-c3ccc4ccccc4c3)c12. The minimum absolute atomic E-state index is 0.313. The van der Waals surface area contributed by atoms with Crippen molar-refractivity contribution < 1.29 is 19.1 Å². The molecule has 0 aliphatic carbocycles. The molecule has 1 saturated heterocycles. The lowest BCUT2D eigenvalue weighted by atomic mass is 10.0. The van der Waals surface area contributed by atoms with E-state index in [2.05, 4.69) is 27.6 Å². The van der Waals surface area contributed by atoms with Crippen molar-refractivity contribution >= 4 is 33.6 Å². The molecule has 1 amide bonds. The Morgan fingerprint density at radius 2 is 2.00 bits per heavy atom. The van der Waals surface area contributed by atoms with E-state index in [9.17, 15) is 9.59 Å². The lowest BCUT2D eigenvalue weighted by Crippen LogP contribution is -2.38. The van der Waals surface area contributed by atoms with Gasteiger partial charge in [-0.25, -0.2) is 4.79 Å². The van der Waals surface area contributed by atoms with Gasteiger partial charge in [-0.05, 0) is 29.0 Å². The zero-order valence-corrected chi connectivity index (χ0v) is 16.3. The first-order valence-electron chi connectivity index (χ1n) is 9.67. The van der Waals surface area contributed by atoms with E-state index in [1.54, 1.807) is 12.1 Å². The smallest absolute Gasteiger partial charge is 0.328 e. The Kier molecular flexibility index (Phi) is 4.35. The molecule has 2 heterocycles. The van der Waals surface area contributed by atoms with Gasteiger partial charge >= 0.3 is 5.97 Å². The maximum Gasteiger partial charge on any atom is 0.328 e. The van der Waals surface area contributed by atoms with Crippen molar-refractivity contribution in [2.45, 2.75) is 12.5 Å². The molecule has 0 saturated carbocycles. The van der Waals surface area contributed by atoms with Crippen molar-refractivity contribution in [3.63, 3.8) is 0 Å². The number of nitrogens with zero attached hydrogens (tertiary/aromatic N) is 1. The van der Waals surface area contributed by atoms with Gasteiger partial charge in [-0.15, -0.1) is 0 Å². The number of carbonyl (C=O) groups is 2. The number of rotatable bonds is 4. The summed E-state index contributed by atoms with van der Waals surface area (Å²) >= 11 is 0. The fourth-order valence-electron chi connectivity index (χ4n) is 3.88. The van der Waals surface area contributed by atoms with Gasteiger partial charge in [0, 0.05) is 12.0 Å². The van der Waals surface area contributed by atoms with Crippen LogP contribution in [0.25, 0.3) is 32.9 Å².